The number of benzene rings is 1. The van der Waals surface area contributed by atoms with Crippen LogP contribution in [0.25, 0.3) is 10.3 Å². The molecular formula is C15H11N5OS2. The van der Waals surface area contributed by atoms with Crippen molar-refractivity contribution >= 4 is 51.4 Å². The number of nitrogens with one attached hydrogen (secondary N) is 2. The Balaban J connectivity index is 1.79. The highest BCUT2D eigenvalue weighted by Gasteiger charge is 2.13. The molecular weight excluding hydrogens is 330 g/mol. The second-order valence-electron chi connectivity index (χ2n) is 4.72. The molecule has 0 aliphatic rings. The average Bonchev–Trinajstić information content (AvgIpc) is 2.93. The summed E-state index contributed by atoms with van der Waals surface area (Å²) in [5.74, 6) is 0.522. The van der Waals surface area contributed by atoms with Gasteiger partial charge >= 0.3 is 6.03 Å². The van der Waals surface area contributed by atoms with E-state index in [0.717, 1.165) is 10.3 Å². The zero-order valence-corrected chi connectivity index (χ0v) is 13.7. The molecule has 0 radical (unpaired) electrons. The Kier molecular flexibility index (Phi) is 4.06. The maximum atomic E-state index is 12.3. The summed E-state index contributed by atoms with van der Waals surface area (Å²) >= 11 is 6.45. The lowest BCUT2D eigenvalue weighted by Gasteiger charge is -2.17. The lowest BCUT2D eigenvalue weighted by molar-refractivity contribution is 0.258. The Morgan fingerprint density at radius 2 is 2.09 bits per heavy atom. The number of H-pyrrole nitrogens is 1. The van der Waals surface area contributed by atoms with Crippen LogP contribution in [0.3, 0.4) is 0 Å². The first-order valence-corrected chi connectivity index (χ1v) is 7.84. The van der Waals surface area contributed by atoms with Crippen LogP contribution in [0.1, 0.15) is 5.56 Å². The number of anilines is 2. The minimum Gasteiger partial charge on any atom is -0.336 e. The molecule has 23 heavy (non-hydrogen) atoms. The number of pyridine rings is 1. The molecule has 1 aromatic carbocycles. The maximum Gasteiger partial charge on any atom is 0.327 e. The van der Waals surface area contributed by atoms with Gasteiger partial charge in [-0.25, -0.2) is 9.78 Å². The van der Waals surface area contributed by atoms with E-state index < -0.39 is 0 Å². The fourth-order valence-corrected chi connectivity index (χ4v) is 3.00. The van der Waals surface area contributed by atoms with E-state index >= 15 is 0 Å². The number of nitriles is 1. The zero-order valence-electron chi connectivity index (χ0n) is 12.0. The Morgan fingerprint density at radius 3 is 2.78 bits per heavy atom. The van der Waals surface area contributed by atoms with Crippen molar-refractivity contribution in [1.29, 1.82) is 5.26 Å². The van der Waals surface area contributed by atoms with Gasteiger partial charge in [0.05, 0.1) is 17.1 Å². The number of carbonyl (C=O) groups is 1. The molecule has 3 rings (SSSR count). The highest BCUT2D eigenvalue weighted by Crippen LogP contribution is 2.21. The minimum atomic E-state index is -0.319. The summed E-state index contributed by atoms with van der Waals surface area (Å²) in [6, 6.07) is 12.0. The predicted molar refractivity (Wildman–Crippen MR) is 93.4 cm³/mol. The molecule has 0 saturated heterocycles. The largest absolute Gasteiger partial charge is 0.336 e. The third-order valence-electron chi connectivity index (χ3n) is 3.19. The Hall–Kier alpha value is -2.76. The molecule has 0 spiro atoms. The number of urea groups is 1. The average molecular weight is 341 g/mol. The number of nitrogens with zero attached hydrogens (tertiary/aromatic N) is 3. The van der Waals surface area contributed by atoms with Gasteiger partial charge in [0, 0.05) is 12.7 Å². The SMILES string of the molecule is CN(C(=O)Nc1ccc(C#N)cc1)c1ccc2[nH]c(=S)sc2n1. The molecule has 0 fully saturated rings. The molecule has 114 valence electrons. The number of rotatable bonds is 2. The van der Waals surface area contributed by atoms with E-state index in [4.69, 9.17) is 17.5 Å². The van der Waals surface area contributed by atoms with Crippen molar-refractivity contribution in [3.05, 3.63) is 45.9 Å². The van der Waals surface area contributed by atoms with Gasteiger partial charge in [0.25, 0.3) is 0 Å². The molecule has 2 aromatic heterocycles. The summed E-state index contributed by atoms with van der Waals surface area (Å²) in [6.45, 7) is 0. The molecule has 2 amide bonds. The standard InChI is InChI=1S/C15H11N5OS2/c1-20(12-7-6-11-13(19-12)23-15(22)18-11)14(21)17-10-4-2-9(8-16)3-5-10/h2-7H,1H3,(H,17,21)(H,18,22). The number of amides is 2. The second kappa shape index (κ2) is 6.16. The third-order valence-corrected chi connectivity index (χ3v) is 4.33. The van der Waals surface area contributed by atoms with E-state index in [9.17, 15) is 4.79 Å². The third kappa shape index (κ3) is 3.21. The molecule has 0 saturated carbocycles. The quantitative estimate of drug-likeness (QED) is 0.692. The Morgan fingerprint density at radius 1 is 1.35 bits per heavy atom. The number of thiazole rings is 1. The molecule has 3 aromatic rings. The lowest BCUT2D eigenvalue weighted by Crippen LogP contribution is -2.31. The van der Waals surface area contributed by atoms with Gasteiger partial charge in [0.1, 0.15) is 10.6 Å². The molecule has 0 bridgehead atoms. The topological polar surface area (TPSA) is 84.8 Å². The molecule has 8 heteroatoms. The number of carbonyl (C=O) groups excluding carboxylic acids is 1. The molecule has 0 aliphatic heterocycles. The highest BCUT2D eigenvalue weighted by atomic mass is 32.1. The number of hydrogen-bond acceptors (Lipinski definition) is 5. The number of aromatic nitrogens is 2. The van der Waals surface area contributed by atoms with Gasteiger partial charge in [-0.15, -0.1) is 0 Å². The first-order valence-electron chi connectivity index (χ1n) is 6.61. The van der Waals surface area contributed by atoms with Crippen molar-refractivity contribution in [3.63, 3.8) is 0 Å². The van der Waals surface area contributed by atoms with Crippen molar-refractivity contribution < 1.29 is 4.79 Å². The van der Waals surface area contributed by atoms with Gasteiger partial charge < -0.3 is 10.3 Å². The summed E-state index contributed by atoms with van der Waals surface area (Å²) in [6.07, 6.45) is 0. The van der Waals surface area contributed by atoms with Crippen LogP contribution in [0.15, 0.2) is 36.4 Å². The van der Waals surface area contributed by atoms with E-state index in [1.807, 2.05) is 12.1 Å². The predicted octanol–water partition coefficient (Wildman–Crippen LogP) is 3.89. The summed E-state index contributed by atoms with van der Waals surface area (Å²) < 4.78 is 0.648. The van der Waals surface area contributed by atoms with Crippen LogP contribution >= 0.6 is 23.6 Å². The Bertz CT molecular complexity index is 968. The van der Waals surface area contributed by atoms with E-state index in [2.05, 4.69) is 15.3 Å². The molecule has 0 atom stereocenters. The van der Waals surface area contributed by atoms with Crippen LogP contribution < -0.4 is 10.2 Å². The molecule has 6 nitrogen and oxygen atoms in total. The van der Waals surface area contributed by atoms with Crippen molar-refractivity contribution in [2.45, 2.75) is 0 Å². The Labute approximate surface area is 141 Å². The fraction of sp³-hybridized carbons (Fsp3) is 0.0667. The smallest absolute Gasteiger partial charge is 0.327 e. The zero-order chi connectivity index (χ0) is 16.4. The van der Waals surface area contributed by atoms with Gasteiger partial charge in [-0.1, -0.05) is 11.3 Å². The minimum absolute atomic E-state index is 0.319. The molecule has 0 unspecified atom stereocenters. The van der Waals surface area contributed by atoms with Crippen LogP contribution in [0.5, 0.6) is 0 Å². The van der Waals surface area contributed by atoms with Gasteiger partial charge in [-0.2, -0.15) is 5.26 Å². The first kappa shape index (κ1) is 15.1. The van der Waals surface area contributed by atoms with Crippen molar-refractivity contribution in [1.82, 2.24) is 9.97 Å². The normalized spacial score (nSPS) is 10.3. The van der Waals surface area contributed by atoms with E-state index in [-0.39, 0.29) is 6.03 Å². The van der Waals surface area contributed by atoms with Crippen LogP contribution in [0.2, 0.25) is 0 Å². The second-order valence-corrected chi connectivity index (χ2v) is 6.38. The van der Waals surface area contributed by atoms with Crippen LogP contribution in [0.4, 0.5) is 16.3 Å². The monoisotopic (exact) mass is 341 g/mol. The lowest BCUT2D eigenvalue weighted by atomic mass is 10.2. The fourth-order valence-electron chi connectivity index (χ4n) is 1.95. The van der Waals surface area contributed by atoms with Crippen molar-refractivity contribution in [3.8, 4) is 6.07 Å². The van der Waals surface area contributed by atoms with Crippen molar-refractivity contribution in [2.24, 2.45) is 0 Å². The molecule has 2 N–H and O–H groups in total. The molecule has 2 heterocycles. The summed E-state index contributed by atoms with van der Waals surface area (Å²) in [4.78, 5) is 21.9. The van der Waals surface area contributed by atoms with Gasteiger partial charge in [0.2, 0.25) is 0 Å². The van der Waals surface area contributed by atoms with Gasteiger partial charge in [-0.05, 0) is 48.6 Å². The number of aromatic amines is 1. The van der Waals surface area contributed by atoms with E-state index in [1.165, 1.54) is 16.2 Å². The van der Waals surface area contributed by atoms with Gasteiger partial charge in [-0.3, -0.25) is 4.90 Å². The molecule has 0 aliphatic carbocycles. The van der Waals surface area contributed by atoms with E-state index in [1.54, 1.807) is 37.4 Å². The van der Waals surface area contributed by atoms with E-state index in [0.29, 0.717) is 21.0 Å². The van der Waals surface area contributed by atoms with Crippen LogP contribution in [-0.2, 0) is 0 Å². The number of hydrogen-bond donors (Lipinski definition) is 2. The first-order chi connectivity index (χ1) is 11.1. The summed E-state index contributed by atoms with van der Waals surface area (Å²) in [5, 5.41) is 11.5. The van der Waals surface area contributed by atoms with Crippen LogP contribution in [0, 0.1) is 15.3 Å². The maximum absolute atomic E-state index is 12.3. The number of fused-ring (bicyclic) bond motifs is 1. The van der Waals surface area contributed by atoms with Gasteiger partial charge in [0.15, 0.2) is 3.95 Å². The summed E-state index contributed by atoms with van der Waals surface area (Å²) in [5.41, 5.74) is 2.00. The highest BCUT2D eigenvalue weighted by molar-refractivity contribution is 7.73. The van der Waals surface area contributed by atoms with Crippen molar-refractivity contribution in [2.75, 3.05) is 17.3 Å². The summed E-state index contributed by atoms with van der Waals surface area (Å²) in [7, 11) is 1.64. The van der Waals surface area contributed by atoms with Crippen LogP contribution in [-0.4, -0.2) is 23.0 Å².